The third-order valence-electron chi connectivity index (χ3n) is 1.87. The number of rotatable bonds is 4. The van der Waals surface area contributed by atoms with Crippen molar-refractivity contribution < 1.29 is 31.5 Å². The minimum Gasteiger partial charge on any atom is -0.487 e. The Morgan fingerprint density at radius 3 is 1.76 bits per heavy atom. The molecule has 2 nitrogen and oxygen atoms in total. The van der Waals surface area contributed by atoms with E-state index in [9.17, 15) is 26.7 Å². The van der Waals surface area contributed by atoms with Crippen molar-refractivity contribution in [3.8, 4) is 5.75 Å². The van der Waals surface area contributed by atoms with Crippen LogP contribution in [0.25, 0.3) is 0 Å². The summed E-state index contributed by atoms with van der Waals surface area (Å²) >= 11 is 0. The topological polar surface area (TPSA) is 26.3 Å². The highest BCUT2D eigenvalue weighted by molar-refractivity contribution is 5.75. The Morgan fingerprint density at radius 1 is 0.941 bits per heavy atom. The predicted octanol–water partition coefficient (Wildman–Crippen LogP) is 2.74. The molecule has 1 aromatic rings. The van der Waals surface area contributed by atoms with Gasteiger partial charge in [0.05, 0.1) is 6.61 Å². The fourth-order valence-corrected chi connectivity index (χ4v) is 1.01. The summed E-state index contributed by atoms with van der Waals surface area (Å²) in [5.41, 5.74) is 0. The molecule has 0 atom stereocenters. The van der Waals surface area contributed by atoms with E-state index in [2.05, 4.69) is 4.74 Å². The molecule has 0 aliphatic heterocycles. The Morgan fingerprint density at radius 2 is 1.35 bits per heavy atom. The van der Waals surface area contributed by atoms with Gasteiger partial charge in [0.25, 0.3) is 0 Å². The van der Waals surface area contributed by atoms with Gasteiger partial charge in [-0.3, -0.25) is 4.79 Å². The van der Waals surface area contributed by atoms with E-state index in [1.54, 1.807) is 0 Å². The van der Waals surface area contributed by atoms with E-state index in [0.717, 1.165) is 0 Å². The lowest BCUT2D eigenvalue weighted by molar-refractivity contribution is -0.117. The Bertz CT molecular complexity index is 429. The van der Waals surface area contributed by atoms with Gasteiger partial charge in [0.15, 0.2) is 5.75 Å². The van der Waals surface area contributed by atoms with Crippen LogP contribution in [0.5, 0.6) is 5.75 Å². The zero-order valence-electron chi connectivity index (χ0n) is 8.62. The molecule has 0 fully saturated rings. The molecule has 0 heterocycles. The van der Waals surface area contributed by atoms with Gasteiger partial charge in [-0.25, -0.2) is 13.2 Å². The first-order chi connectivity index (χ1) is 7.86. The number of hydrogen-bond acceptors (Lipinski definition) is 2. The largest absolute Gasteiger partial charge is 0.487 e. The highest BCUT2D eigenvalue weighted by atomic mass is 19.2. The molecule has 17 heavy (non-hydrogen) atoms. The van der Waals surface area contributed by atoms with Gasteiger partial charge in [-0.15, -0.1) is 0 Å². The minimum atomic E-state index is -2.25. The second-order valence-electron chi connectivity index (χ2n) is 3.20. The fourth-order valence-electron chi connectivity index (χ4n) is 1.01. The maximum atomic E-state index is 13.0. The van der Waals surface area contributed by atoms with E-state index in [0.29, 0.717) is 0 Å². The lowest BCUT2D eigenvalue weighted by Crippen LogP contribution is -2.09. The summed E-state index contributed by atoms with van der Waals surface area (Å²) < 4.78 is 68.3. The van der Waals surface area contributed by atoms with E-state index in [4.69, 9.17) is 0 Å². The number of halogens is 5. The van der Waals surface area contributed by atoms with Crippen molar-refractivity contribution in [2.45, 2.75) is 13.3 Å². The molecular formula is C10H7F5O2. The van der Waals surface area contributed by atoms with Crippen LogP contribution in [-0.2, 0) is 4.79 Å². The molecule has 0 aromatic heterocycles. The lowest BCUT2D eigenvalue weighted by atomic mass is 10.2. The molecule has 0 spiro atoms. The highest BCUT2D eigenvalue weighted by Crippen LogP contribution is 2.29. The molecule has 0 radical (unpaired) electrons. The van der Waals surface area contributed by atoms with Gasteiger partial charge in [0.2, 0.25) is 29.1 Å². The zero-order chi connectivity index (χ0) is 13.2. The van der Waals surface area contributed by atoms with Crippen LogP contribution in [-0.4, -0.2) is 12.4 Å². The summed E-state index contributed by atoms with van der Waals surface area (Å²) in [6.07, 6.45) is -0.195. The van der Waals surface area contributed by atoms with Crippen LogP contribution in [0.15, 0.2) is 0 Å². The number of ether oxygens (including phenoxy) is 1. The van der Waals surface area contributed by atoms with Crippen molar-refractivity contribution in [2.75, 3.05) is 6.61 Å². The number of carbonyl (C=O) groups is 1. The summed E-state index contributed by atoms with van der Waals surface area (Å²) in [7, 11) is 0. The number of carbonyl (C=O) groups excluding carboxylic acids is 1. The highest BCUT2D eigenvalue weighted by Gasteiger charge is 2.26. The first-order valence-corrected chi connectivity index (χ1v) is 4.50. The van der Waals surface area contributed by atoms with E-state index < -0.39 is 41.4 Å². The molecular weight excluding hydrogens is 247 g/mol. The molecule has 0 amide bonds. The predicted molar refractivity (Wildman–Crippen MR) is 47.0 cm³/mol. The molecule has 0 bridgehead atoms. The Labute approximate surface area is 93.0 Å². The van der Waals surface area contributed by atoms with E-state index in [1.807, 2.05) is 0 Å². The van der Waals surface area contributed by atoms with Gasteiger partial charge in [0, 0.05) is 6.42 Å². The molecule has 94 valence electrons. The zero-order valence-corrected chi connectivity index (χ0v) is 8.62. The van der Waals surface area contributed by atoms with Crippen LogP contribution >= 0.6 is 0 Å². The molecule has 0 unspecified atom stereocenters. The van der Waals surface area contributed by atoms with Crippen LogP contribution in [0.3, 0.4) is 0 Å². The molecule has 0 aliphatic carbocycles. The second kappa shape index (κ2) is 5.11. The lowest BCUT2D eigenvalue weighted by Gasteiger charge is -2.09. The third kappa shape index (κ3) is 2.72. The van der Waals surface area contributed by atoms with Crippen LogP contribution < -0.4 is 4.74 Å². The van der Waals surface area contributed by atoms with Crippen molar-refractivity contribution in [3.05, 3.63) is 29.1 Å². The quantitative estimate of drug-likeness (QED) is 0.469. The summed E-state index contributed by atoms with van der Waals surface area (Å²) in [4.78, 5) is 10.5. The molecule has 0 N–H and O–H groups in total. The van der Waals surface area contributed by atoms with E-state index >= 15 is 0 Å². The maximum Gasteiger partial charge on any atom is 0.206 e. The third-order valence-corrected chi connectivity index (χ3v) is 1.87. The number of hydrogen-bond donors (Lipinski definition) is 0. The van der Waals surface area contributed by atoms with Crippen LogP contribution in [0.4, 0.5) is 22.0 Å². The first-order valence-electron chi connectivity index (χ1n) is 4.50. The van der Waals surface area contributed by atoms with Gasteiger partial charge < -0.3 is 4.74 Å². The fraction of sp³-hybridized carbons (Fsp3) is 0.300. The van der Waals surface area contributed by atoms with Crippen molar-refractivity contribution >= 4 is 5.78 Å². The Kier molecular flexibility index (Phi) is 4.03. The standard InChI is InChI=1S/C10H7F5O2/c1-4(16)2-3-17-10-8(14)6(12)5(11)7(13)9(10)15/h2-3H2,1H3. The van der Waals surface area contributed by atoms with Gasteiger partial charge in [0.1, 0.15) is 5.78 Å². The average Bonchev–Trinajstić information content (AvgIpc) is 2.28. The number of benzene rings is 1. The van der Waals surface area contributed by atoms with Crippen LogP contribution in [0.1, 0.15) is 13.3 Å². The molecule has 0 saturated heterocycles. The average molecular weight is 254 g/mol. The molecule has 1 aromatic carbocycles. The van der Waals surface area contributed by atoms with Crippen molar-refractivity contribution in [1.29, 1.82) is 0 Å². The molecule has 7 heteroatoms. The summed E-state index contributed by atoms with van der Waals surface area (Å²) in [6, 6.07) is 0. The summed E-state index contributed by atoms with van der Waals surface area (Å²) in [5, 5.41) is 0. The first kappa shape index (κ1) is 13.4. The summed E-state index contributed by atoms with van der Waals surface area (Å²) in [6.45, 7) is 0.732. The van der Waals surface area contributed by atoms with E-state index in [1.165, 1.54) is 6.92 Å². The van der Waals surface area contributed by atoms with Gasteiger partial charge in [-0.2, -0.15) is 8.78 Å². The van der Waals surface area contributed by atoms with Crippen LogP contribution in [0.2, 0.25) is 0 Å². The van der Waals surface area contributed by atoms with Gasteiger partial charge in [-0.1, -0.05) is 0 Å². The smallest absolute Gasteiger partial charge is 0.206 e. The molecule has 1 rings (SSSR count). The summed E-state index contributed by atoms with van der Waals surface area (Å²) in [5.74, 6) is -12.2. The Hall–Kier alpha value is -1.66. The maximum absolute atomic E-state index is 13.0. The second-order valence-corrected chi connectivity index (χ2v) is 3.20. The number of Topliss-reactive ketones (excluding diaryl/α,β-unsaturated/α-hetero) is 1. The molecule has 0 aliphatic rings. The van der Waals surface area contributed by atoms with Crippen molar-refractivity contribution in [1.82, 2.24) is 0 Å². The normalized spacial score (nSPS) is 10.5. The van der Waals surface area contributed by atoms with Gasteiger partial charge >= 0.3 is 0 Å². The van der Waals surface area contributed by atoms with E-state index in [-0.39, 0.29) is 12.2 Å². The molecule has 0 saturated carbocycles. The van der Waals surface area contributed by atoms with Crippen molar-refractivity contribution in [3.63, 3.8) is 0 Å². The number of ketones is 1. The van der Waals surface area contributed by atoms with Gasteiger partial charge in [-0.05, 0) is 6.92 Å². The monoisotopic (exact) mass is 254 g/mol. The minimum absolute atomic E-state index is 0.195. The SMILES string of the molecule is CC(=O)CCOc1c(F)c(F)c(F)c(F)c1F. The Balaban J connectivity index is 3.03. The van der Waals surface area contributed by atoms with Crippen LogP contribution in [0, 0.1) is 29.1 Å². The van der Waals surface area contributed by atoms with Crippen molar-refractivity contribution in [2.24, 2.45) is 0 Å².